The first-order valence-corrected chi connectivity index (χ1v) is 4.78. The molecule has 2 aromatic rings. The maximum Gasteiger partial charge on any atom is 0.435 e. The second kappa shape index (κ2) is 3.80. The molecule has 0 aliphatic heterocycles. The third kappa shape index (κ3) is 2.25. The standard InChI is InChI=1S/C11H9F3N2O/c1-16-6-9(10(15-16)11(12,13)14)7-3-2-4-8(17)5-7/h2-6,17H,1H3. The number of aryl methyl sites for hydroxylation is 1. The fourth-order valence-electron chi connectivity index (χ4n) is 1.58. The van der Waals surface area contributed by atoms with Crippen molar-refractivity contribution in [2.24, 2.45) is 7.05 Å². The number of hydrogen-bond donors (Lipinski definition) is 1. The summed E-state index contributed by atoms with van der Waals surface area (Å²) in [7, 11) is 1.42. The van der Waals surface area contributed by atoms with Gasteiger partial charge in [0.25, 0.3) is 0 Å². The number of phenols is 1. The summed E-state index contributed by atoms with van der Waals surface area (Å²) in [5.41, 5.74) is -0.716. The Morgan fingerprint density at radius 2 is 2.00 bits per heavy atom. The Kier molecular flexibility index (Phi) is 2.57. The van der Waals surface area contributed by atoms with Gasteiger partial charge in [0.2, 0.25) is 0 Å². The number of alkyl halides is 3. The van der Waals surface area contributed by atoms with Gasteiger partial charge in [0.15, 0.2) is 5.69 Å². The second-order valence-electron chi connectivity index (χ2n) is 3.61. The third-order valence-electron chi connectivity index (χ3n) is 2.25. The molecule has 0 fully saturated rings. The lowest BCUT2D eigenvalue weighted by atomic mass is 10.1. The molecular formula is C11H9F3N2O. The monoisotopic (exact) mass is 242 g/mol. The zero-order valence-electron chi connectivity index (χ0n) is 8.86. The summed E-state index contributed by atoms with van der Waals surface area (Å²) in [5, 5.41) is 12.7. The quantitative estimate of drug-likeness (QED) is 0.835. The van der Waals surface area contributed by atoms with E-state index in [1.54, 1.807) is 0 Å². The lowest BCUT2D eigenvalue weighted by Crippen LogP contribution is -2.08. The van der Waals surface area contributed by atoms with E-state index in [0.29, 0.717) is 0 Å². The van der Waals surface area contributed by atoms with Crippen LogP contribution in [0.5, 0.6) is 5.75 Å². The van der Waals surface area contributed by atoms with Gasteiger partial charge in [-0.25, -0.2) is 0 Å². The van der Waals surface area contributed by atoms with Crippen LogP contribution in [0.4, 0.5) is 13.2 Å². The van der Waals surface area contributed by atoms with Crippen LogP contribution in [-0.4, -0.2) is 14.9 Å². The Morgan fingerprint density at radius 1 is 1.29 bits per heavy atom. The average Bonchev–Trinajstić information content (AvgIpc) is 2.60. The first kappa shape index (κ1) is 11.5. The number of aromatic hydroxyl groups is 1. The fraction of sp³-hybridized carbons (Fsp3) is 0.182. The van der Waals surface area contributed by atoms with Crippen LogP contribution < -0.4 is 0 Å². The second-order valence-corrected chi connectivity index (χ2v) is 3.61. The average molecular weight is 242 g/mol. The molecule has 3 nitrogen and oxygen atoms in total. The molecule has 6 heteroatoms. The predicted octanol–water partition coefficient (Wildman–Crippen LogP) is 2.81. The molecule has 0 spiro atoms. The highest BCUT2D eigenvalue weighted by Crippen LogP contribution is 2.36. The molecule has 0 aliphatic carbocycles. The van der Waals surface area contributed by atoms with Crippen molar-refractivity contribution in [1.29, 1.82) is 0 Å². The van der Waals surface area contributed by atoms with Gasteiger partial charge >= 0.3 is 6.18 Å². The summed E-state index contributed by atoms with van der Waals surface area (Å²) in [6.07, 6.45) is -3.24. The van der Waals surface area contributed by atoms with Gasteiger partial charge in [-0.1, -0.05) is 12.1 Å². The van der Waals surface area contributed by atoms with Gasteiger partial charge in [-0.2, -0.15) is 18.3 Å². The molecule has 2 rings (SSSR count). The van der Waals surface area contributed by atoms with Gasteiger partial charge in [-0.3, -0.25) is 4.68 Å². The first-order chi connectivity index (χ1) is 7.88. The molecule has 0 amide bonds. The Balaban J connectivity index is 2.60. The molecule has 1 aromatic heterocycles. The van der Waals surface area contributed by atoms with Crippen LogP contribution in [-0.2, 0) is 13.2 Å². The van der Waals surface area contributed by atoms with E-state index >= 15 is 0 Å². The Hall–Kier alpha value is -1.98. The van der Waals surface area contributed by atoms with Crippen LogP contribution in [0.3, 0.4) is 0 Å². The molecule has 17 heavy (non-hydrogen) atoms. The number of nitrogens with zero attached hydrogens (tertiary/aromatic N) is 2. The molecule has 0 unspecified atom stereocenters. The number of benzene rings is 1. The lowest BCUT2D eigenvalue weighted by Gasteiger charge is -2.06. The van der Waals surface area contributed by atoms with Crippen LogP contribution in [0.15, 0.2) is 30.5 Å². The highest BCUT2D eigenvalue weighted by atomic mass is 19.4. The Bertz CT molecular complexity index is 546. The van der Waals surface area contributed by atoms with Crippen molar-refractivity contribution >= 4 is 0 Å². The van der Waals surface area contributed by atoms with Crippen molar-refractivity contribution in [3.63, 3.8) is 0 Å². The van der Waals surface area contributed by atoms with Gasteiger partial charge in [-0.05, 0) is 17.7 Å². The van der Waals surface area contributed by atoms with Crippen LogP contribution in [0.1, 0.15) is 5.69 Å². The van der Waals surface area contributed by atoms with E-state index in [0.717, 1.165) is 4.68 Å². The summed E-state index contributed by atoms with van der Waals surface area (Å²) in [5.74, 6) is -0.0838. The summed E-state index contributed by atoms with van der Waals surface area (Å²) < 4.78 is 39.2. The van der Waals surface area contributed by atoms with Gasteiger partial charge < -0.3 is 5.11 Å². The number of aromatic nitrogens is 2. The minimum Gasteiger partial charge on any atom is -0.508 e. The smallest absolute Gasteiger partial charge is 0.435 e. The van der Waals surface area contributed by atoms with Crippen molar-refractivity contribution in [3.05, 3.63) is 36.2 Å². The predicted molar refractivity (Wildman–Crippen MR) is 55.3 cm³/mol. The van der Waals surface area contributed by atoms with E-state index in [2.05, 4.69) is 5.10 Å². The topological polar surface area (TPSA) is 38.0 Å². The zero-order chi connectivity index (χ0) is 12.6. The van der Waals surface area contributed by atoms with E-state index in [9.17, 15) is 18.3 Å². The molecule has 0 aliphatic rings. The van der Waals surface area contributed by atoms with Gasteiger partial charge in [0, 0.05) is 18.8 Å². The molecule has 1 aromatic carbocycles. The molecule has 0 radical (unpaired) electrons. The molecule has 0 saturated heterocycles. The van der Waals surface area contributed by atoms with E-state index < -0.39 is 11.9 Å². The number of hydrogen-bond acceptors (Lipinski definition) is 2. The van der Waals surface area contributed by atoms with Crippen molar-refractivity contribution in [2.75, 3.05) is 0 Å². The first-order valence-electron chi connectivity index (χ1n) is 4.78. The highest BCUT2D eigenvalue weighted by molar-refractivity contribution is 5.67. The van der Waals surface area contributed by atoms with E-state index in [1.165, 1.54) is 37.5 Å². The Morgan fingerprint density at radius 3 is 2.59 bits per heavy atom. The SMILES string of the molecule is Cn1cc(-c2cccc(O)c2)c(C(F)(F)F)n1. The van der Waals surface area contributed by atoms with Crippen molar-refractivity contribution < 1.29 is 18.3 Å². The summed E-state index contributed by atoms with van der Waals surface area (Å²) in [4.78, 5) is 0. The molecule has 1 N–H and O–H groups in total. The number of rotatable bonds is 1. The molecular weight excluding hydrogens is 233 g/mol. The maximum absolute atomic E-state index is 12.7. The van der Waals surface area contributed by atoms with E-state index in [-0.39, 0.29) is 16.9 Å². The minimum atomic E-state index is -4.51. The molecule has 1 heterocycles. The largest absolute Gasteiger partial charge is 0.508 e. The van der Waals surface area contributed by atoms with Crippen LogP contribution in [0, 0.1) is 0 Å². The van der Waals surface area contributed by atoms with Gasteiger partial charge in [0.05, 0.1) is 0 Å². The van der Waals surface area contributed by atoms with Crippen molar-refractivity contribution in [1.82, 2.24) is 9.78 Å². The van der Waals surface area contributed by atoms with E-state index in [1.807, 2.05) is 0 Å². The lowest BCUT2D eigenvalue weighted by molar-refractivity contribution is -0.140. The Labute approximate surface area is 95.1 Å². The summed E-state index contributed by atoms with van der Waals surface area (Å²) >= 11 is 0. The van der Waals surface area contributed by atoms with Crippen molar-refractivity contribution in [2.45, 2.75) is 6.18 Å². The van der Waals surface area contributed by atoms with Crippen LogP contribution >= 0.6 is 0 Å². The molecule has 0 atom stereocenters. The van der Waals surface area contributed by atoms with Gasteiger partial charge in [-0.15, -0.1) is 0 Å². The number of phenolic OH excluding ortho intramolecular Hbond substituents is 1. The van der Waals surface area contributed by atoms with Gasteiger partial charge in [0.1, 0.15) is 5.75 Å². The molecule has 90 valence electrons. The minimum absolute atomic E-state index is 0.0455. The third-order valence-corrected chi connectivity index (χ3v) is 2.25. The maximum atomic E-state index is 12.7. The highest BCUT2D eigenvalue weighted by Gasteiger charge is 2.37. The summed E-state index contributed by atoms with van der Waals surface area (Å²) in [6.45, 7) is 0. The fourth-order valence-corrected chi connectivity index (χ4v) is 1.58. The number of halogens is 3. The van der Waals surface area contributed by atoms with Crippen molar-refractivity contribution in [3.8, 4) is 16.9 Å². The normalized spacial score (nSPS) is 11.8. The van der Waals surface area contributed by atoms with E-state index in [4.69, 9.17) is 0 Å². The summed E-state index contributed by atoms with van der Waals surface area (Å²) in [6, 6.07) is 5.64. The van der Waals surface area contributed by atoms with Crippen LogP contribution in [0.2, 0.25) is 0 Å². The zero-order valence-corrected chi connectivity index (χ0v) is 8.86. The van der Waals surface area contributed by atoms with Crippen LogP contribution in [0.25, 0.3) is 11.1 Å². The molecule has 0 bridgehead atoms. The molecule has 0 saturated carbocycles.